The van der Waals surface area contributed by atoms with E-state index in [2.05, 4.69) is 11.9 Å². The average Bonchev–Trinajstić information content (AvgIpc) is 2.99. The Morgan fingerprint density at radius 2 is 1.96 bits per heavy atom. The molecule has 1 amide bonds. The lowest BCUT2D eigenvalue weighted by atomic mass is 10.1. The van der Waals surface area contributed by atoms with E-state index in [1.54, 1.807) is 24.3 Å². The molecule has 0 saturated heterocycles. The van der Waals surface area contributed by atoms with Crippen molar-refractivity contribution in [3.63, 3.8) is 0 Å². The number of hydrogen-bond donors (Lipinski definition) is 2. The van der Waals surface area contributed by atoms with Gasteiger partial charge in [-0.15, -0.1) is 6.58 Å². The molecule has 0 saturated carbocycles. The van der Waals surface area contributed by atoms with Crippen LogP contribution in [0.2, 0.25) is 0 Å². The molecule has 0 aliphatic carbocycles. The molecule has 2 N–H and O–H groups in total. The highest BCUT2D eigenvalue weighted by Crippen LogP contribution is 2.24. The molecule has 3 rings (SSSR count). The molecule has 1 aromatic heterocycles. The smallest absolute Gasteiger partial charge is 0.266 e. The summed E-state index contributed by atoms with van der Waals surface area (Å²) in [5.74, 6) is -0.396. The number of phenols is 1. The molecule has 128 valence electrons. The van der Waals surface area contributed by atoms with Gasteiger partial charge >= 0.3 is 0 Å². The second-order valence-corrected chi connectivity index (χ2v) is 5.71. The van der Waals surface area contributed by atoms with Crippen molar-refractivity contribution < 1.29 is 9.90 Å². The van der Waals surface area contributed by atoms with Crippen LogP contribution in [-0.4, -0.2) is 15.6 Å². The van der Waals surface area contributed by atoms with Crippen LogP contribution in [0.1, 0.15) is 5.56 Å². The number of aromatic nitrogens is 1. The van der Waals surface area contributed by atoms with Crippen LogP contribution in [0.25, 0.3) is 17.0 Å². The van der Waals surface area contributed by atoms with Crippen molar-refractivity contribution in [3.05, 3.63) is 78.5 Å². The number of rotatable bonds is 5. The Kier molecular flexibility index (Phi) is 4.86. The first kappa shape index (κ1) is 17.1. The number of nitrogens with zero attached hydrogens (tertiary/aromatic N) is 2. The summed E-state index contributed by atoms with van der Waals surface area (Å²) in [6.45, 7) is 4.39. The zero-order chi connectivity index (χ0) is 18.5. The molecule has 1 heterocycles. The van der Waals surface area contributed by atoms with Gasteiger partial charge < -0.3 is 15.0 Å². The number of carbonyl (C=O) groups excluding carboxylic acids is 1. The van der Waals surface area contributed by atoms with Crippen molar-refractivity contribution in [2.75, 3.05) is 5.32 Å². The minimum atomic E-state index is -0.501. The van der Waals surface area contributed by atoms with E-state index in [1.807, 2.05) is 41.1 Å². The van der Waals surface area contributed by atoms with E-state index >= 15 is 0 Å². The SMILES string of the molecule is C=CCn1cc(/C=C(/C#N)C(=O)Nc2ccc(O)cc2)c2ccccc21. The third-order valence-electron chi connectivity index (χ3n) is 3.94. The third kappa shape index (κ3) is 3.50. The molecule has 5 nitrogen and oxygen atoms in total. The summed E-state index contributed by atoms with van der Waals surface area (Å²) in [6, 6.07) is 15.8. The number of para-hydroxylation sites is 1. The van der Waals surface area contributed by atoms with Crippen LogP contribution in [0.4, 0.5) is 5.69 Å². The van der Waals surface area contributed by atoms with Crippen LogP contribution in [0.5, 0.6) is 5.75 Å². The molecular formula is C21H17N3O2. The first-order valence-electron chi connectivity index (χ1n) is 8.03. The van der Waals surface area contributed by atoms with Crippen molar-refractivity contribution in [2.24, 2.45) is 0 Å². The fourth-order valence-electron chi connectivity index (χ4n) is 2.73. The van der Waals surface area contributed by atoms with E-state index in [1.165, 1.54) is 12.1 Å². The van der Waals surface area contributed by atoms with Gasteiger partial charge in [-0.25, -0.2) is 0 Å². The fraction of sp³-hybridized carbons (Fsp3) is 0.0476. The van der Waals surface area contributed by atoms with E-state index in [4.69, 9.17) is 0 Å². The summed E-state index contributed by atoms with van der Waals surface area (Å²) in [4.78, 5) is 12.4. The Morgan fingerprint density at radius 3 is 2.65 bits per heavy atom. The molecule has 0 unspecified atom stereocenters. The third-order valence-corrected chi connectivity index (χ3v) is 3.94. The van der Waals surface area contributed by atoms with Crippen molar-refractivity contribution >= 4 is 28.6 Å². The van der Waals surface area contributed by atoms with Gasteiger partial charge in [-0.1, -0.05) is 24.3 Å². The largest absolute Gasteiger partial charge is 0.508 e. The molecule has 0 spiro atoms. The number of carbonyl (C=O) groups is 1. The maximum atomic E-state index is 12.4. The molecular weight excluding hydrogens is 326 g/mol. The van der Waals surface area contributed by atoms with Crippen LogP contribution < -0.4 is 5.32 Å². The van der Waals surface area contributed by atoms with Gasteiger partial charge in [0.1, 0.15) is 17.4 Å². The molecule has 0 aliphatic rings. The minimum Gasteiger partial charge on any atom is -0.508 e. The molecule has 0 aliphatic heterocycles. The predicted octanol–water partition coefficient (Wildman–Crippen LogP) is 4.08. The monoisotopic (exact) mass is 343 g/mol. The first-order valence-corrected chi connectivity index (χ1v) is 8.03. The molecule has 5 heteroatoms. The number of anilines is 1. The highest BCUT2D eigenvalue weighted by atomic mass is 16.3. The second-order valence-electron chi connectivity index (χ2n) is 5.71. The van der Waals surface area contributed by atoms with Crippen molar-refractivity contribution in [1.82, 2.24) is 4.57 Å². The Labute approximate surface area is 151 Å². The number of allylic oxidation sites excluding steroid dienone is 1. The summed E-state index contributed by atoms with van der Waals surface area (Å²) in [5.41, 5.74) is 2.30. The van der Waals surface area contributed by atoms with Gasteiger partial charge in [0.15, 0.2) is 0 Å². The van der Waals surface area contributed by atoms with E-state index < -0.39 is 5.91 Å². The lowest BCUT2D eigenvalue weighted by molar-refractivity contribution is -0.112. The Morgan fingerprint density at radius 1 is 1.23 bits per heavy atom. The van der Waals surface area contributed by atoms with E-state index in [0.717, 1.165) is 16.5 Å². The Hall–Kier alpha value is -3.78. The highest BCUT2D eigenvalue weighted by molar-refractivity contribution is 6.10. The van der Waals surface area contributed by atoms with Crippen molar-refractivity contribution in [3.8, 4) is 11.8 Å². The van der Waals surface area contributed by atoms with Gasteiger partial charge in [0.05, 0.1) is 0 Å². The first-order chi connectivity index (χ1) is 12.6. The van der Waals surface area contributed by atoms with Gasteiger partial charge in [0.2, 0.25) is 0 Å². The number of nitriles is 1. The lowest BCUT2D eigenvalue weighted by Crippen LogP contribution is -2.13. The van der Waals surface area contributed by atoms with Gasteiger partial charge in [0.25, 0.3) is 5.91 Å². The number of nitrogens with one attached hydrogen (secondary N) is 1. The summed E-state index contributed by atoms with van der Waals surface area (Å²) >= 11 is 0. The van der Waals surface area contributed by atoms with Crippen LogP contribution in [0.3, 0.4) is 0 Å². The lowest BCUT2D eigenvalue weighted by Gasteiger charge is -2.04. The van der Waals surface area contributed by atoms with Crippen LogP contribution >= 0.6 is 0 Å². The van der Waals surface area contributed by atoms with Crippen LogP contribution in [0, 0.1) is 11.3 Å². The number of aromatic hydroxyl groups is 1. The van der Waals surface area contributed by atoms with Gasteiger partial charge in [-0.05, 0) is 36.4 Å². The quantitative estimate of drug-likeness (QED) is 0.317. The average molecular weight is 343 g/mol. The van der Waals surface area contributed by atoms with Crippen LogP contribution in [0.15, 0.2) is 73.0 Å². The highest BCUT2D eigenvalue weighted by Gasteiger charge is 2.12. The zero-order valence-corrected chi connectivity index (χ0v) is 14.0. The van der Waals surface area contributed by atoms with E-state index in [0.29, 0.717) is 12.2 Å². The summed E-state index contributed by atoms with van der Waals surface area (Å²) in [6.07, 6.45) is 5.28. The summed E-state index contributed by atoms with van der Waals surface area (Å²) < 4.78 is 2.01. The number of hydrogen-bond acceptors (Lipinski definition) is 3. The number of fused-ring (bicyclic) bond motifs is 1. The van der Waals surface area contributed by atoms with Gasteiger partial charge in [-0.2, -0.15) is 5.26 Å². The Balaban J connectivity index is 1.95. The molecule has 0 atom stereocenters. The number of phenolic OH excluding ortho intramolecular Hbond substituents is 1. The standard InChI is InChI=1S/C21H17N3O2/c1-2-11-24-14-16(19-5-3-4-6-20(19)24)12-15(13-22)21(26)23-17-7-9-18(25)10-8-17/h2-10,12,14,25H,1,11H2,(H,23,26)/b15-12-. The maximum absolute atomic E-state index is 12.4. The molecule has 0 fully saturated rings. The molecule has 0 bridgehead atoms. The van der Waals surface area contributed by atoms with Crippen LogP contribution in [-0.2, 0) is 11.3 Å². The molecule has 0 radical (unpaired) electrons. The maximum Gasteiger partial charge on any atom is 0.266 e. The fourth-order valence-corrected chi connectivity index (χ4v) is 2.73. The van der Waals surface area contributed by atoms with Gasteiger partial charge in [0, 0.05) is 34.9 Å². The molecule has 26 heavy (non-hydrogen) atoms. The Bertz CT molecular complexity index is 1040. The summed E-state index contributed by atoms with van der Waals surface area (Å²) in [7, 11) is 0. The zero-order valence-electron chi connectivity index (χ0n) is 14.0. The van der Waals surface area contributed by atoms with Crippen molar-refractivity contribution in [2.45, 2.75) is 6.54 Å². The second kappa shape index (κ2) is 7.41. The van der Waals surface area contributed by atoms with E-state index in [9.17, 15) is 15.2 Å². The molecule has 3 aromatic rings. The minimum absolute atomic E-state index is 0.000388. The molecule has 2 aromatic carbocycles. The van der Waals surface area contributed by atoms with E-state index in [-0.39, 0.29) is 11.3 Å². The predicted molar refractivity (Wildman–Crippen MR) is 102 cm³/mol. The van der Waals surface area contributed by atoms with Gasteiger partial charge in [-0.3, -0.25) is 4.79 Å². The number of amides is 1. The normalized spacial score (nSPS) is 11.1. The van der Waals surface area contributed by atoms with Crippen molar-refractivity contribution in [1.29, 1.82) is 5.26 Å². The number of benzene rings is 2. The topological polar surface area (TPSA) is 78.0 Å². The summed E-state index contributed by atoms with van der Waals surface area (Å²) in [5, 5.41) is 22.3.